The Morgan fingerprint density at radius 1 is 1.34 bits per heavy atom. The third-order valence-corrected chi connectivity index (χ3v) is 5.68. The van der Waals surface area contributed by atoms with Crippen molar-refractivity contribution in [3.63, 3.8) is 0 Å². The number of carbonyl (C=O) groups excluding carboxylic acids is 2. The SMILES string of the molecule is CSc1ncc2c(n1)C1(CCN(C(=O)OC(C)(C)C)C1)C(=O)N(c1cnoc1)C2. The van der Waals surface area contributed by atoms with Gasteiger partial charge in [-0.15, -0.1) is 0 Å². The summed E-state index contributed by atoms with van der Waals surface area (Å²) in [5.41, 5.74) is 0.569. The quantitative estimate of drug-likeness (QED) is 0.543. The van der Waals surface area contributed by atoms with E-state index in [1.54, 1.807) is 16.0 Å². The molecule has 1 fully saturated rings. The van der Waals surface area contributed by atoms with Crippen LogP contribution in [0.15, 0.2) is 28.3 Å². The molecule has 2 aliphatic heterocycles. The molecule has 4 heterocycles. The van der Waals surface area contributed by atoms with E-state index in [2.05, 4.69) is 15.1 Å². The highest BCUT2D eigenvalue weighted by Gasteiger charge is 2.55. The van der Waals surface area contributed by atoms with Gasteiger partial charge >= 0.3 is 6.09 Å². The summed E-state index contributed by atoms with van der Waals surface area (Å²) in [4.78, 5) is 38.6. The maximum absolute atomic E-state index is 13.7. The first kappa shape index (κ1) is 19.7. The predicted octanol–water partition coefficient (Wildman–Crippen LogP) is 2.61. The second-order valence-electron chi connectivity index (χ2n) is 8.24. The van der Waals surface area contributed by atoms with Crippen LogP contribution in [0.3, 0.4) is 0 Å². The molecule has 0 radical (unpaired) electrons. The first-order valence-corrected chi connectivity index (χ1v) is 10.6. The van der Waals surface area contributed by atoms with Crippen LogP contribution in [0.5, 0.6) is 0 Å². The second kappa shape index (κ2) is 7.01. The summed E-state index contributed by atoms with van der Waals surface area (Å²) in [7, 11) is 0. The molecular weight excluding hydrogens is 394 g/mol. The van der Waals surface area contributed by atoms with Gasteiger partial charge in [-0.2, -0.15) is 0 Å². The van der Waals surface area contributed by atoms with Gasteiger partial charge in [-0.3, -0.25) is 4.79 Å². The van der Waals surface area contributed by atoms with Gasteiger partial charge in [0.25, 0.3) is 0 Å². The molecule has 0 bridgehead atoms. The average Bonchev–Trinajstić information content (AvgIpc) is 3.34. The Balaban J connectivity index is 1.74. The number of ether oxygens (including phenoxy) is 1. The highest BCUT2D eigenvalue weighted by molar-refractivity contribution is 7.98. The van der Waals surface area contributed by atoms with E-state index in [4.69, 9.17) is 9.26 Å². The zero-order chi connectivity index (χ0) is 20.8. The van der Waals surface area contributed by atoms with Crippen LogP contribution in [-0.4, -0.2) is 57.0 Å². The molecule has 0 N–H and O–H groups in total. The predicted molar refractivity (Wildman–Crippen MR) is 106 cm³/mol. The van der Waals surface area contributed by atoms with E-state index >= 15 is 0 Å². The number of hydrogen-bond acceptors (Lipinski definition) is 8. The zero-order valence-electron chi connectivity index (χ0n) is 16.8. The minimum atomic E-state index is -0.949. The molecule has 0 saturated carbocycles. The number of anilines is 1. The van der Waals surface area contributed by atoms with Gasteiger partial charge in [0.2, 0.25) is 5.91 Å². The van der Waals surface area contributed by atoms with Gasteiger partial charge in [-0.25, -0.2) is 14.8 Å². The van der Waals surface area contributed by atoms with Crippen molar-refractivity contribution >= 4 is 29.4 Å². The van der Waals surface area contributed by atoms with Crippen LogP contribution in [0.4, 0.5) is 10.5 Å². The molecule has 1 unspecified atom stereocenters. The molecule has 4 rings (SSSR count). The van der Waals surface area contributed by atoms with Crippen molar-refractivity contribution < 1.29 is 18.8 Å². The Bertz CT molecular complexity index is 943. The van der Waals surface area contributed by atoms with Crippen molar-refractivity contribution in [2.75, 3.05) is 24.2 Å². The largest absolute Gasteiger partial charge is 0.444 e. The highest BCUT2D eigenvalue weighted by Crippen LogP contribution is 2.43. The van der Waals surface area contributed by atoms with Gasteiger partial charge in [0.15, 0.2) is 5.16 Å². The Labute approximate surface area is 172 Å². The maximum Gasteiger partial charge on any atom is 0.410 e. The molecule has 9 nitrogen and oxygen atoms in total. The maximum atomic E-state index is 13.7. The van der Waals surface area contributed by atoms with E-state index in [0.717, 1.165) is 5.56 Å². The lowest BCUT2D eigenvalue weighted by atomic mass is 9.77. The topological polar surface area (TPSA) is 102 Å². The van der Waals surface area contributed by atoms with Crippen LogP contribution in [0.1, 0.15) is 38.4 Å². The smallest absolute Gasteiger partial charge is 0.410 e. The Morgan fingerprint density at radius 2 is 2.14 bits per heavy atom. The number of thioether (sulfide) groups is 1. The minimum Gasteiger partial charge on any atom is -0.444 e. The number of rotatable bonds is 2. The molecule has 2 aromatic rings. The van der Waals surface area contributed by atoms with Crippen molar-refractivity contribution in [3.8, 4) is 0 Å². The van der Waals surface area contributed by atoms with Crippen LogP contribution in [-0.2, 0) is 21.5 Å². The summed E-state index contributed by atoms with van der Waals surface area (Å²) in [6, 6.07) is 0. The molecule has 0 aromatic carbocycles. The molecular formula is C19H23N5O4S. The van der Waals surface area contributed by atoms with Crippen LogP contribution in [0.2, 0.25) is 0 Å². The van der Waals surface area contributed by atoms with Crippen LogP contribution < -0.4 is 4.90 Å². The molecule has 29 heavy (non-hydrogen) atoms. The zero-order valence-corrected chi connectivity index (χ0v) is 17.7. The normalized spacial score (nSPS) is 21.6. The summed E-state index contributed by atoms with van der Waals surface area (Å²) >= 11 is 1.42. The van der Waals surface area contributed by atoms with Crippen molar-refractivity contribution in [1.29, 1.82) is 0 Å². The van der Waals surface area contributed by atoms with Gasteiger partial charge in [0.1, 0.15) is 23.0 Å². The van der Waals surface area contributed by atoms with Crippen molar-refractivity contribution in [2.45, 2.75) is 49.9 Å². The Kier molecular flexibility index (Phi) is 4.76. The number of amides is 2. The first-order valence-electron chi connectivity index (χ1n) is 9.33. The molecule has 1 spiro atoms. The molecule has 1 atom stereocenters. The third kappa shape index (κ3) is 3.45. The summed E-state index contributed by atoms with van der Waals surface area (Å²) in [5, 5.41) is 4.33. The fourth-order valence-corrected chi connectivity index (χ4v) is 4.16. The van der Waals surface area contributed by atoms with E-state index in [-0.39, 0.29) is 12.5 Å². The molecule has 154 valence electrons. The molecule has 2 amide bonds. The number of aromatic nitrogens is 3. The standard InChI is InChI=1S/C19H23N5O4S/c1-18(2,3)28-17(26)23-6-5-19(11-23)14-12(7-20-16(22-14)29-4)9-24(15(19)25)13-8-21-27-10-13/h7-8,10H,5-6,9,11H2,1-4H3. The summed E-state index contributed by atoms with van der Waals surface area (Å²) in [6.45, 7) is 6.42. The fraction of sp³-hybridized carbons (Fsp3) is 0.526. The van der Waals surface area contributed by atoms with Crippen molar-refractivity contribution in [2.24, 2.45) is 0 Å². The van der Waals surface area contributed by atoms with Gasteiger partial charge < -0.3 is 19.1 Å². The third-order valence-electron chi connectivity index (χ3n) is 5.11. The lowest BCUT2D eigenvalue weighted by Gasteiger charge is -2.39. The average molecular weight is 417 g/mol. The molecule has 0 aliphatic carbocycles. The van der Waals surface area contributed by atoms with Gasteiger partial charge in [-0.05, 0) is 33.4 Å². The Hall–Kier alpha value is -2.62. The van der Waals surface area contributed by atoms with Crippen molar-refractivity contribution in [3.05, 3.63) is 29.9 Å². The number of carbonyl (C=O) groups is 2. The number of fused-ring (bicyclic) bond motifs is 2. The van der Waals surface area contributed by atoms with E-state index < -0.39 is 17.1 Å². The summed E-state index contributed by atoms with van der Waals surface area (Å²) in [5.74, 6) is -0.120. The second-order valence-corrected chi connectivity index (χ2v) is 9.01. The lowest BCUT2D eigenvalue weighted by molar-refractivity contribution is -0.124. The lowest BCUT2D eigenvalue weighted by Crippen LogP contribution is -2.53. The minimum absolute atomic E-state index is 0.120. The molecule has 2 aliphatic rings. The van der Waals surface area contributed by atoms with E-state index in [1.165, 1.54) is 24.2 Å². The highest BCUT2D eigenvalue weighted by atomic mass is 32.2. The fourth-order valence-electron chi connectivity index (χ4n) is 3.82. The Morgan fingerprint density at radius 3 is 2.79 bits per heavy atom. The number of hydrogen-bond donors (Lipinski definition) is 0. The summed E-state index contributed by atoms with van der Waals surface area (Å²) < 4.78 is 10.5. The van der Waals surface area contributed by atoms with E-state index in [0.29, 0.717) is 36.0 Å². The molecule has 2 aromatic heterocycles. The summed E-state index contributed by atoms with van der Waals surface area (Å²) in [6.07, 6.45) is 6.64. The monoisotopic (exact) mass is 417 g/mol. The molecule has 1 saturated heterocycles. The van der Waals surface area contributed by atoms with E-state index in [9.17, 15) is 9.59 Å². The number of nitrogens with zero attached hydrogens (tertiary/aromatic N) is 5. The van der Waals surface area contributed by atoms with Crippen LogP contribution in [0.25, 0.3) is 0 Å². The van der Waals surface area contributed by atoms with Gasteiger partial charge in [0.05, 0.1) is 18.4 Å². The number of likely N-dealkylation sites (tertiary alicyclic amines) is 1. The van der Waals surface area contributed by atoms with Gasteiger partial charge in [0, 0.05) is 24.8 Å². The van der Waals surface area contributed by atoms with Crippen LogP contribution in [0, 0.1) is 0 Å². The van der Waals surface area contributed by atoms with Gasteiger partial charge in [-0.1, -0.05) is 16.9 Å². The van der Waals surface area contributed by atoms with E-state index in [1.807, 2.05) is 27.0 Å². The van der Waals surface area contributed by atoms with Crippen LogP contribution >= 0.6 is 11.8 Å². The van der Waals surface area contributed by atoms with Crippen molar-refractivity contribution in [1.82, 2.24) is 20.0 Å². The molecule has 10 heteroatoms. The first-order chi connectivity index (χ1) is 13.7.